The minimum atomic E-state index is 0.00227. The Kier molecular flexibility index (Phi) is 4.90. The molecule has 0 aromatic rings. The third kappa shape index (κ3) is 3.64. The Morgan fingerprint density at radius 3 is 2.64 bits per heavy atom. The molecule has 0 aromatic heterocycles. The number of piperidine rings is 1. The van der Waals surface area contributed by atoms with Gasteiger partial charge in [0.05, 0.1) is 0 Å². The van der Waals surface area contributed by atoms with Crippen molar-refractivity contribution < 1.29 is 9.53 Å². The molecule has 1 rings (SSSR count). The van der Waals surface area contributed by atoms with Crippen LogP contribution in [0.5, 0.6) is 0 Å². The molecule has 1 fully saturated rings. The van der Waals surface area contributed by atoms with Gasteiger partial charge in [-0.2, -0.15) is 0 Å². The van der Waals surface area contributed by atoms with Crippen molar-refractivity contribution in [3.05, 3.63) is 0 Å². The third-order valence-electron chi connectivity index (χ3n) is 2.68. The molecular weight excluding hydrogens is 180 g/mol. The maximum atomic E-state index is 11.2. The number of nitrogens with one attached hydrogen (secondary N) is 1. The fourth-order valence-electron chi connectivity index (χ4n) is 1.79. The molecule has 1 amide bonds. The van der Waals surface area contributed by atoms with Crippen molar-refractivity contribution in [2.24, 2.45) is 0 Å². The molecule has 1 saturated heterocycles. The molecule has 0 aromatic carbocycles. The topological polar surface area (TPSA) is 41.6 Å². The number of carbonyl (C=O) groups is 1. The highest BCUT2D eigenvalue weighted by molar-refractivity contribution is 5.77. The molecule has 1 N–H and O–H groups in total. The average Bonchev–Trinajstić information content (AvgIpc) is 2.19. The number of rotatable bonds is 4. The second-order valence-corrected chi connectivity index (χ2v) is 3.71. The first-order valence-corrected chi connectivity index (χ1v) is 5.27. The Morgan fingerprint density at radius 1 is 1.50 bits per heavy atom. The summed E-state index contributed by atoms with van der Waals surface area (Å²) in [5.74, 6) is 0.00227. The van der Waals surface area contributed by atoms with Crippen molar-refractivity contribution in [1.29, 1.82) is 0 Å². The quantitative estimate of drug-likeness (QED) is 0.706. The van der Waals surface area contributed by atoms with Crippen LogP contribution >= 0.6 is 0 Å². The Morgan fingerprint density at radius 2 is 2.14 bits per heavy atom. The first kappa shape index (κ1) is 11.5. The maximum absolute atomic E-state index is 11.2. The zero-order valence-electron chi connectivity index (χ0n) is 9.08. The van der Waals surface area contributed by atoms with E-state index < -0.39 is 0 Å². The van der Waals surface area contributed by atoms with E-state index in [0.717, 1.165) is 32.5 Å². The van der Waals surface area contributed by atoms with Crippen molar-refractivity contribution in [3.8, 4) is 0 Å². The normalized spacial score (nSPS) is 19.6. The second-order valence-electron chi connectivity index (χ2n) is 3.71. The third-order valence-corrected chi connectivity index (χ3v) is 2.68. The van der Waals surface area contributed by atoms with Crippen molar-refractivity contribution >= 4 is 5.91 Å². The van der Waals surface area contributed by atoms with Gasteiger partial charge in [0.25, 0.3) is 0 Å². The Labute approximate surface area is 85.6 Å². The zero-order chi connectivity index (χ0) is 10.4. The van der Waals surface area contributed by atoms with E-state index in [4.69, 9.17) is 4.74 Å². The number of nitrogens with zero attached hydrogens (tertiary/aromatic N) is 1. The zero-order valence-corrected chi connectivity index (χ0v) is 9.08. The van der Waals surface area contributed by atoms with E-state index in [9.17, 15) is 4.79 Å². The van der Waals surface area contributed by atoms with Gasteiger partial charge < -0.3 is 15.0 Å². The highest BCUT2D eigenvalue weighted by Gasteiger charge is 2.19. The summed E-state index contributed by atoms with van der Waals surface area (Å²) in [7, 11) is 1.54. The molecule has 0 saturated carbocycles. The van der Waals surface area contributed by atoms with Crippen LogP contribution in [0.1, 0.15) is 19.8 Å². The minimum absolute atomic E-state index is 0.00227. The molecule has 0 radical (unpaired) electrons. The standard InChI is InChI=1S/C10H20N2O2/c1-3-12-6-4-9(5-7-12)11-10(13)8-14-2/h9H,3-8H2,1-2H3,(H,11,13). The SMILES string of the molecule is CCN1CCC(NC(=O)COC)CC1. The molecule has 1 aliphatic heterocycles. The number of carbonyl (C=O) groups excluding carboxylic acids is 1. The van der Waals surface area contributed by atoms with Gasteiger partial charge in [0.15, 0.2) is 0 Å². The van der Waals surface area contributed by atoms with Gasteiger partial charge in [0.1, 0.15) is 6.61 Å². The van der Waals surface area contributed by atoms with E-state index in [-0.39, 0.29) is 12.5 Å². The van der Waals surface area contributed by atoms with Crippen LogP contribution < -0.4 is 5.32 Å². The number of hydrogen-bond acceptors (Lipinski definition) is 3. The lowest BCUT2D eigenvalue weighted by Crippen LogP contribution is -2.45. The van der Waals surface area contributed by atoms with Crippen LogP contribution in [-0.2, 0) is 9.53 Å². The Hall–Kier alpha value is -0.610. The number of amides is 1. The Balaban J connectivity index is 2.18. The fourth-order valence-corrected chi connectivity index (χ4v) is 1.79. The lowest BCUT2D eigenvalue weighted by molar-refractivity contribution is -0.125. The lowest BCUT2D eigenvalue weighted by Gasteiger charge is -2.31. The van der Waals surface area contributed by atoms with Crippen molar-refractivity contribution in [3.63, 3.8) is 0 Å². The van der Waals surface area contributed by atoms with Gasteiger partial charge in [0.2, 0.25) is 5.91 Å². The van der Waals surface area contributed by atoms with Crippen LogP contribution in [0.3, 0.4) is 0 Å². The first-order chi connectivity index (χ1) is 6.76. The smallest absolute Gasteiger partial charge is 0.246 e. The van der Waals surface area contributed by atoms with Gasteiger partial charge in [-0.25, -0.2) is 0 Å². The summed E-state index contributed by atoms with van der Waals surface area (Å²) >= 11 is 0. The Bertz CT molecular complexity index is 177. The lowest BCUT2D eigenvalue weighted by atomic mass is 10.1. The van der Waals surface area contributed by atoms with Gasteiger partial charge in [-0.15, -0.1) is 0 Å². The van der Waals surface area contributed by atoms with E-state index in [1.54, 1.807) is 7.11 Å². The van der Waals surface area contributed by atoms with Crippen molar-refractivity contribution in [2.75, 3.05) is 33.4 Å². The van der Waals surface area contributed by atoms with Crippen LogP contribution in [-0.4, -0.2) is 50.2 Å². The number of hydrogen-bond donors (Lipinski definition) is 1. The number of likely N-dealkylation sites (tertiary alicyclic amines) is 1. The highest BCUT2D eigenvalue weighted by Crippen LogP contribution is 2.09. The van der Waals surface area contributed by atoms with Crippen LogP contribution in [0, 0.1) is 0 Å². The van der Waals surface area contributed by atoms with E-state index in [2.05, 4.69) is 17.1 Å². The maximum Gasteiger partial charge on any atom is 0.246 e. The molecule has 1 aliphatic rings. The monoisotopic (exact) mass is 200 g/mol. The minimum Gasteiger partial charge on any atom is -0.375 e. The average molecular weight is 200 g/mol. The van der Waals surface area contributed by atoms with E-state index in [0.29, 0.717) is 6.04 Å². The highest BCUT2D eigenvalue weighted by atomic mass is 16.5. The number of methoxy groups -OCH3 is 1. The van der Waals surface area contributed by atoms with Crippen molar-refractivity contribution in [1.82, 2.24) is 10.2 Å². The summed E-state index contributed by atoms with van der Waals surface area (Å²) in [5, 5.41) is 2.97. The summed E-state index contributed by atoms with van der Waals surface area (Å²) in [5.41, 5.74) is 0. The first-order valence-electron chi connectivity index (χ1n) is 5.27. The summed E-state index contributed by atoms with van der Waals surface area (Å²) in [4.78, 5) is 13.6. The molecule has 4 heteroatoms. The summed E-state index contributed by atoms with van der Waals surface area (Å²) < 4.78 is 4.76. The fraction of sp³-hybridized carbons (Fsp3) is 0.900. The number of ether oxygens (including phenoxy) is 1. The molecular formula is C10H20N2O2. The van der Waals surface area contributed by atoms with Gasteiger partial charge >= 0.3 is 0 Å². The van der Waals surface area contributed by atoms with Gasteiger partial charge in [-0.1, -0.05) is 6.92 Å². The van der Waals surface area contributed by atoms with Crippen LogP contribution in [0.4, 0.5) is 0 Å². The predicted octanol–water partition coefficient (Wildman–Crippen LogP) is 0.233. The van der Waals surface area contributed by atoms with Gasteiger partial charge in [-0.3, -0.25) is 4.79 Å². The molecule has 82 valence electrons. The molecule has 0 unspecified atom stereocenters. The second kappa shape index (κ2) is 5.98. The molecule has 4 nitrogen and oxygen atoms in total. The molecule has 0 bridgehead atoms. The summed E-state index contributed by atoms with van der Waals surface area (Å²) in [6.45, 7) is 5.64. The summed E-state index contributed by atoms with van der Waals surface area (Å²) in [6.07, 6.45) is 2.12. The van der Waals surface area contributed by atoms with E-state index >= 15 is 0 Å². The van der Waals surface area contributed by atoms with Crippen LogP contribution in [0.25, 0.3) is 0 Å². The molecule has 0 atom stereocenters. The molecule has 14 heavy (non-hydrogen) atoms. The van der Waals surface area contributed by atoms with E-state index in [1.165, 1.54) is 0 Å². The summed E-state index contributed by atoms with van der Waals surface area (Å²) in [6, 6.07) is 0.348. The van der Waals surface area contributed by atoms with Gasteiger partial charge in [0, 0.05) is 26.2 Å². The van der Waals surface area contributed by atoms with E-state index in [1.807, 2.05) is 0 Å². The van der Waals surface area contributed by atoms with Crippen molar-refractivity contribution in [2.45, 2.75) is 25.8 Å². The largest absolute Gasteiger partial charge is 0.375 e. The molecule has 0 aliphatic carbocycles. The van der Waals surface area contributed by atoms with Crippen LogP contribution in [0.15, 0.2) is 0 Å². The molecule has 0 spiro atoms. The molecule has 1 heterocycles. The van der Waals surface area contributed by atoms with Gasteiger partial charge in [-0.05, 0) is 19.4 Å². The predicted molar refractivity (Wildman–Crippen MR) is 55.2 cm³/mol. The van der Waals surface area contributed by atoms with Crippen LogP contribution in [0.2, 0.25) is 0 Å².